The zero-order valence-corrected chi connectivity index (χ0v) is 7.97. The summed E-state index contributed by atoms with van der Waals surface area (Å²) >= 11 is 0. The fraction of sp³-hybridized carbons (Fsp3) is 0.333. The van der Waals surface area contributed by atoms with Gasteiger partial charge in [0, 0.05) is 0 Å². The van der Waals surface area contributed by atoms with Gasteiger partial charge in [0.25, 0.3) is 0 Å². The minimum absolute atomic E-state index is 0.223. The fourth-order valence-corrected chi connectivity index (χ4v) is 1.21. The Kier molecular flexibility index (Phi) is 2.72. The maximum atomic E-state index is 12.6. The van der Waals surface area contributed by atoms with Crippen LogP contribution in [0.15, 0.2) is 24.3 Å². The summed E-state index contributed by atoms with van der Waals surface area (Å²) in [4.78, 5) is 0. The molecule has 0 aromatic heterocycles. The van der Waals surface area contributed by atoms with E-state index < -0.39 is 0 Å². The molecule has 0 aliphatic rings. The largest absolute Gasteiger partial charge is 0.207 e. The van der Waals surface area contributed by atoms with Gasteiger partial charge in [0.15, 0.2) is 0 Å². The van der Waals surface area contributed by atoms with Crippen molar-refractivity contribution < 1.29 is 4.39 Å². The average molecular weight is 176 g/mol. The van der Waals surface area contributed by atoms with E-state index in [9.17, 15) is 4.39 Å². The molecule has 1 aromatic rings. The standard InChI is InChI=1S/C12H13F/c1-4-12(3,5-2)10-6-8-11(13)9-7-10/h1,6-9H,5H2,2-3H3. The lowest BCUT2D eigenvalue weighted by molar-refractivity contribution is 0.588. The maximum absolute atomic E-state index is 12.6. The van der Waals surface area contributed by atoms with Gasteiger partial charge < -0.3 is 0 Å². The number of benzene rings is 1. The van der Waals surface area contributed by atoms with Gasteiger partial charge in [0.1, 0.15) is 5.82 Å². The van der Waals surface area contributed by atoms with Crippen molar-refractivity contribution in [3.05, 3.63) is 35.6 Å². The third-order valence-corrected chi connectivity index (χ3v) is 2.51. The molecule has 0 spiro atoms. The molecule has 0 N–H and O–H groups in total. The number of halogens is 1. The SMILES string of the molecule is C#CC(C)(CC)c1ccc(F)cc1. The van der Waals surface area contributed by atoms with E-state index in [1.807, 2.05) is 13.8 Å². The number of terminal acetylenes is 1. The van der Waals surface area contributed by atoms with E-state index in [0.29, 0.717) is 0 Å². The highest BCUT2D eigenvalue weighted by Gasteiger charge is 2.20. The highest BCUT2D eigenvalue weighted by atomic mass is 19.1. The van der Waals surface area contributed by atoms with Crippen molar-refractivity contribution in [2.24, 2.45) is 0 Å². The van der Waals surface area contributed by atoms with Gasteiger partial charge in [-0.3, -0.25) is 0 Å². The molecule has 68 valence electrons. The number of rotatable bonds is 2. The molecule has 13 heavy (non-hydrogen) atoms. The van der Waals surface area contributed by atoms with E-state index >= 15 is 0 Å². The molecule has 0 saturated carbocycles. The molecule has 0 saturated heterocycles. The van der Waals surface area contributed by atoms with E-state index in [2.05, 4.69) is 5.92 Å². The Balaban J connectivity index is 3.08. The Bertz CT molecular complexity index is 318. The first-order chi connectivity index (χ1) is 6.12. The van der Waals surface area contributed by atoms with Crippen LogP contribution in [0.3, 0.4) is 0 Å². The Morgan fingerprint density at radius 1 is 1.38 bits per heavy atom. The molecule has 1 unspecified atom stereocenters. The zero-order chi connectivity index (χ0) is 9.90. The second-order valence-electron chi connectivity index (χ2n) is 3.34. The van der Waals surface area contributed by atoms with Gasteiger partial charge >= 0.3 is 0 Å². The summed E-state index contributed by atoms with van der Waals surface area (Å²) in [5.41, 5.74) is 0.729. The van der Waals surface area contributed by atoms with E-state index in [0.717, 1.165) is 12.0 Å². The molecular weight excluding hydrogens is 163 g/mol. The second-order valence-corrected chi connectivity index (χ2v) is 3.34. The van der Waals surface area contributed by atoms with Crippen LogP contribution in [-0.2, 0) is 5.41 Å². The summed E-state index contributed by atoms with van der Waals surface area (Å²) in [6.45, 7) is 4.02. The van der Waals surface area contributed by atoms with Gasteiger partial charge in [-0.25, -0.2) is 4.39 Å². The van der Waals surface area contributed by atoms with Crippen LogP contribution in [0.1, 0.15) is 25.8 Å². The average Bonchev–Trinajstić information content (AvgIpc) is 2.18. The summed E-state index contributed by atoms with van der Waals surface area (Å²) < 4.78 is 12.6. The zero-order valence-electron chi connectivity index (χ0n) is 7.97. The molecule has 0 fully saturated rings. The van der Waals surface area contributed by atoms with E-state index in [4.69, 9.17) is 6.42 Å². The first-order valence-electron chi connectivity index (χ1n) is 4.36. The van der Waals surface area contributed by atoms with E-state index in [-0.39, 0.29) is 11.2 Å². The summed E-state index contributed by atoms with van der Waals surface area (Å²) in [6.07, 6.45) is 6.30. The summed E-state index contributed by atoms with van der Waals surface area (Å²) in [5, 5.41) is 0. The highest BCUT2D eigenvalue weighted by Crippen LogP contribution is 2.26. The smallest absolute Gasteiger partial charge is 0.123 e. The lowest BCUT2D eigenvalue weighted by Crippen LogP contribution is -2.17. The van der Waals surface area contributed by atoms with Crippen molar-refractivity contribution in [2.45, 2.75) is 25.7 Å². The maximum Gasteiger partial charge on any atom is 0.123 e. The van der Waals surface area contributed by atoms with Crippen molar-refractivity contribution in [2.75, 3.05) is 0 Å². The molecule has 1 atom stereocenters. The monoisotopic (exact) mass is 176 g/mol. The Hall–Kier alpha value is -1.29. The summed E-state index contributed by atoms with van der Waals surface area (Å²) in [5.74, 6) is 2.52. The molecule has 0 bridgehead atoms. The van der Waals surface area contributed by atoms with Crippen molar-refractivity contribution in [3.8, 4) is 12.3 Å². The van der Waals surface area contributed by atoms with Crippen LogP contribution in [0.25, 0.3) is 0 Å². The fourth-order valence-electron chi connectivity index (χ4n) is 1.21. The van der Waals surface area contributed by atoms with Gasteiger partial charge in [-0.05, 0) is 31.0 Å². The Morgan fingerprint density at radius 2 is 1.92 bits per heavy atom. The lowest BCUT2D eigenvalue weighted by Gasteiger charge is -2.21. The van der Waals surface area contributed by atoms with Crippen LogP contribution in [0.4, 0.5) is 4.39 Å². The molecule has 0 nitrogen and oxygen atoms in total. The van der Waals surface area contributed by atoms with E-state index in [1.54, 1.807) is 12.1 Å². The predicted octanol–water partition coefficient (Wildman–Crippen LogP) is 3.13. The second kappa shape index (κ2) is 3.62. The van der Waals surface area contributed by atoms with Gasteiger partial charge in [0.2, 0.25) is 0 Å². The molecule has 0 aliphatic heterocycles. The van der Waals surface area contributed by atoms with Gasteiger partial charge in [-0.15, -0.1) is 6.42 Å². The lowest BCUT2D eigenvalue weighted by atomic mass is 9.81. The van der Waals surface area contributed by atoms with Gasteiger partial charge in [0.05, 0.1) is 5.41 Å². The molecule has 0 heterocycles. The third kappa shape index (κ3) is 1.89. The quantitative estimate of drug-likeness (QED) is 0.607. The number of hydrogen-bond acceptors (Lipinski definition) is 0. The van der Waals surface area contributed by atoms with Crippen LogP contribution in [0, 0.1) is 18.2 Å². The van der Waals surface area contributed by atoms with Crippen molar-refractivity contribution in [1.29, 1.82) is 0 Å². The van der Waals surface area contributed by atoms with Crippen LogP contribution in [0.5, 0.6) is 0 Å². The first kappa shape index (κ1) is 9.80. The van der Waals surface area contributed by atoms with Crippen LogP contribution < -0.4 is 0 Å². The van der Waals surface area contributed by atoms with Gasteiger partial charge in [-0.1, -0.05) is 25.0 Å². The van der Waals surface area contributed by atoms with Crippen molar-refractivity contribution in [3.63, 3.8) is 0 Å². The third-order valence-electron chi connectivity index (χ3n) is 2.51. The highest BCUT2D eigenvalue weighted by molar-refractivity contribution is 5.32. The summed E-state index contributed by atoms with van der Waals surface area (Å²) in [7, 11) is 0. The summed E-state index contributed by atoms with van der Waals surface area (Å²) in [6, 6.07) is 6.39. The molecule has 0 amide bonds. The van der Waals surface area contributed by atoms with E-state index in [1.165, 1.54) is 12.1 Å². The Morgan fingerprint density at radius 3 is 2.31 bits per heavy atom. The molecule has 1 rings (SSSR count). The topological polar surface area (TPSA) is 0 Å². The molecule has 0 aliphatic carbocycles. The minimum Gasteiger partial charge on any atom is -0.207 e. The van der Waals surface area contributed by atoms with Crippen LogP contribution in [0.2, 0.25) is 0 Å². The first-order valence-corrected chi connectivity index (χ1v) is 4.36. The van der Waals surface area contributed by atoms with Crippen molar-refractivity contribution >= 4 is 0 Å². The normalized spacial score (nSPS) is 14.6. The molecule has 1 heteroatoms. The molecule has 0 radical (unpaired) electrons. The Labute approximate surface area is 78.8 Å². The van der Waals surface area contributed by atoms with Crippen LogP contribution >= 0.6 is 0 Å². The van der Waals surface area contributed by atoms with Crippen molar-refractivity contribution in [1.82, 2.24) is 0 Å². The van der Waals surface area contributed by atoms with Crippen LogP contribution in [-0.4, -0.2) is 0 Å². The molecule has 1 aromatic carbocycles. The van der Waals surface area contributed by atoms with Gasteiger partial charge in [-0.2, -0.15) is 0 Å². The number of hydrogen-bond donors (Lipinski definition) is 0. The molecular formula is C12H13F. The predicted molar refractivity (Wildman–Crippen MR) is 52.9 cm³/mol. The minimum atomic E-state index is -0.270.